The molecule has 3 N–H and O–H groups in total. The fourth-order valence-corrected chi connectivity index (χ4v) is 2.97. The van der Waals surface area contributed by atoms with Gasteiger partial charge in [0.05, 0.1) is 10.9 Å². The number of imidazole rings is 1. The highest BCUT2D eigenvalue weighted by molar-refractivity contribution is 6.31. The van der Waals surface area contributed by atoms with Crippen LogP contribution in [0.1, 0.15) is 0 Å². The Balaban J connectivity index is 1.99. The van der Waals surface area contributed by atoms with Crippen LogP contribution >= 0.6 is 11.6 Å². The number of nitrogens with zero attached hydrogens (tertiary/aromatic N) is 2. The van der Waals surface area contributed by atoms with Crippen molar-refractivity contribution in [1.82, 2.24) is 15.3 Å². The van der Waals surface area contributed by atoms with E-state index >= 15 is 0 Å². The standard InChI is InChI=1S/C14H14ClN5/c15-9-1-2-11-10(7-9)12-13(18-8-17-12)14(19-11)20-5-3-16-4-6-20/h1-2,7-8,16H,3-6H2,(H,17,18)/p+1. The van der Waals surface area contributed by atoms with Gasteiger partial charge in [-0.1, -0.05) is 11.6 Å². The summed E-state index contributed by atoms with van der Waals surface area (Å²) in [4.78, 5) is 13.7. The first-order chi connectivity index (χ1) is 9.83. The molecule has 0 saturated carbocycles. The van der Waals surface area contributed by atoms with E-state index in [0.717, 1.165) is 59.0 Å². The van der Waals surface area contributed by atoms with E-state index in [9.17, 15) is 0 Å². The van der Waals surface area contributed by atoms with Gasteiger partial charge in [-0.3, -0.25) is 0 Å². The lowest BCUT2D eigenvalue weighted by Crippen LogP contribution is -2.44. The lowest BCUT2D eigenvalue weighted by Gasteiger charge is -2.28. The largest absolute Gasteiger partial charge is 0.350 e. The molecule has 1 aromatic carbocycles. The number of halogens is 1. The number of H-pyrrole nitrogens is 2. The van der Waals surface area contributed by atoms with Gasteiger partial charge in [-0.15, -0.1) is 0 Å². The second kappa shape index (κ2) is 4.61. The van der Waals surface area contributed by atoms with E-state index in [0.29, 0.717) is 0 Å². The summed E-state index contributed by atoms with van der Waals surface area (Å²) in [7, 11) is 0. The normalized spacial score (nSPS) is 16.1. The van der Waals surface area contributed by atoms with Gasteiger partial charge in [0.2, 0.25) is 11.8 Å². The van der Waals surface area contributed by atoms with Crippen LogP contribution in [0.15, 0.2) is 24.5 Å². The summed E-state index contributed by atoms with van der Waals surface area (Å²) in [5.41, 5.74) is 3.07. The summed E-state index contributed by atoms with van der Waals surface area (Å²) in [5.74, 6) is 1.01. The van der Waals surface area contributed by atoms with E-state index < -0.39 is 0 Å². The van der Waals surface area contributed by atoms with Crippen LogP contribution in [-0.4, -0.2) is 36.1 Å². The third-order valence-corrected chi connectivity index (χ3v) is 4.01. The highest BCUT2D eigenvalue weighted by atomic mass is 35.5. The summed E-state index contributed by atoms with van der Waals surface area (Å²) in [6.07, 6.45) is 1.85. The number of benzene rings is 1. The SMILES string of the molecule is Clc1ccc2nc(N3CCNCC3)c3[nH]c[nH+]c3c2c1. The van der Waals surface area contributed by atoms with Gasteiger partial charge in [0, 0.05) is 31.2 Å². The Morgan fingerprint density at radius 3 is 2.95 bits per heavy atom. The first-order valence-corrected chi connectivity index (χ1v) is 7.14. The molecule has 3 heterocycles. The monoisotopic (exact) mass is 288 g/mol. The molecule has 1 aliphatic rings. The van der Waals surface area contributed by atoms with Crippen molar-refractivity contribution in [3.8, 4) is 0 Å². The van der Waals surface area contributed by atoms with Gasteiger partial charge in [-0.2, -0.15) is 0 Å². The zero-order chi connectivity index (χ0) is 13.5. The van der Waals surface area contributed by atoms with E-state index in [4.69, 9.17) is 16.6 Å². The van der Waals surface area contributed by atoms with E-state index in [1.807, 2.05) is 24.5 Å². The Morgan fingerprint density at radius 1 is 1.25 bits per heavy atom. The van der Waals surface area contributed by atoms with Gasteiger partial charge in [0.1, 0.15) is 0 Å². The summed E-state index contributed by atoms with van der Waals surface area (Å²) >= 11 is 6.10. The maximum absolute atomic E-state index is 6.10. The molecular weight excluding hydrogens is 274 g/mol. The van der Waals surface area contributed by atoms with E-state index in [1.54, 1.807) is 0 Å². The zero-order valence-electron chi connectivity index (χ0n) is 10.9. The minimum atomic E-state index is 0.727. The summed E-state index contributed by atoms with van der Waals surface area (Å²) < 4.78 is 0. The third kappa shape index (κ3) is 1.82. The molecule has 0 amide bonds. The molecule has 0 radical (unpaired) electrons. The predicted octanol–water partition coefficient (Wildman–Crippen LogP) is 1.59. The Morgan fingerprint density at radius 2 is 2.10 bits per heavy atom. The van der Waals surface area contributed by atoms with Gasteiger partial charge < -0.3 is 10.2 Å². The van der Waals surface area contributed by atoms with E-state index in [-0.39, 0.29) is 0 Å². The lowest BCUT2D eigenvalue weighted by atomic mass is 10.2. The van der Waals surface area contributed by atoms with Gasteiger partial charge in [-0.25, -0.2) is 15.0 Å². The predicted molar refractivity (Wildman–Crippen MR) is 80.2 cm³/mol. The molecule has 4 rings (SSSR count). The van der Waals surface area contributed by atoms with Crippen LogP contribution < -0.4 is 15.2 Å². The quantitative estimate of drug-likeness (QED) is 0.715. The van der Waals surface area contributed by atoms with Crippen molar-refractivity contribution >= 4 is 39.4 Å². The molecule has 0 unspecified atom stereocenters. The van der Waals surface area contributed by atoms with Crippen molar-refractivity contribution in [2.75, 3.05) is 31.1 Å². The molecule has 0 atom stereocenters. The molecule has 0 spiro atoms. The zero-order valence-corrected chi connectivity index (χ0v) is 11.7. The summed E-state index contributed by atoms with van der Waals surface area (Å²) in [6, 6.07) is 5.82. The van der Waals surface area contributed by atoms with Crippen molar-refractivity contribution in [3.05, 3.63) is 29.5 Å². The van der Waals surface area contributed by atoms with Crippen molar-refractivity contribution < 1.29 is 4.98 Å². The fraction of sp³-hybridized carbons (Fsp3) is 0.286. The molecule has 5 nitrogen and oxygen atoms in total. The Kier molecular flexibility index (Phi) is 2.75. The molecule has 0 aliphatic carbocycles. The first kappa shape index (κ1) is 11.9. The van der Waals surface area contributed by atoms with Gasteiger partial charge >= 0.3 is 0 Å². The van der Waals surface area contributed by atoms with Crippen molar-refractivity contribution in [1.29, 1.82) is 0 Å². The first-order valence-electron chi connectivity index (χ1n) is 6.76. The number of anilines is 1. The molecule has 1 saturated heterocycles. The molecule has 3 aromatic rings. The molecule has 102 valence electrons. The third-order valence-electron chi connectivity index (χ3n) is 3.78. The van der Waals surface area contributed by atoms with E-state index in [2.05, 4.69) is 20.2 Å². The smallest absolute Gasteiger partial charge is 0.240 e. The second-order valence-corrected chi connectivity index (χ2v) is 5.45. The van der Waals surface area contributed by atoms with Crippen molar-refractivity contribution in [3.63, 3.8) is 0 Å². The summed E-state index contributed by atoms with van der Waals surface area (Å²) in [6.45, 7) is 3.93. The molecule has 0 bridgehead atoms. The maximum atomic E-state index is 6.10. The second-order valence-electron chi connectivity index (χ2n) is 5.02. The minimum absolute atomic E-state index is 0.727. The van der Waals surface area contributed by atoms with Crippen LogP contribution in [0.25, 0.3) is 21.9 Å². The fourth-order valence-electron chi connectivity index (χ4n) is 2.79. The Bertz CT molecular complexity index is 776. The molecular formula is C14H15ClN5+. The molecule has 20 heavy (non-hydrogen) atoms. The Labute approximate surface area is 121 Å². The molecule has 1 aliphatic heterocycles. The number of aromatic amines is 2. The van der Waals surface area contributed by atoms with Crippen LogP contribution in [0.5, 0.6) is 0 Å². The number of aromatic nitrogens is 3. The highest BCUT2D eigenvalue weighted by Crippen LogP contribution is 2.29. The topological polar surface area (TPSA) is 58.1 Å². The summed E-state index contributed by atoms with van der Waals surface area (Å²) in [5, 5.41) is 5.14. The average molecular weight is 289 g/mol. The number of fused-ring (bicyclic) bond motifs is 3. The number of hydrogen-bond donors (Lipinski definition) is 2. The number of nitrogens with one attached hydrogen (secondary N) is 3. The number of rotatable bonds is 1. The van der Waals surface area contributed by atoms with E-state index in [1.165, 1.54) is 0 Å². The van der Waals surface area contributed by atoms with Crippen LogP contribution in [0.3, 0.4) is 0 Å². The van der Waals surface area contributed by atoms with Crippen LogP contribution in [0.2, 0.25) is 5.02 Å². The molecule has 6 heteroatoms. The van der Waals surface area contributed by atoms with Gasteiger partial charge in [0.25, 0.3) is 0 Å². The van der Waals surface area contributed by atoms with Gasteiger partial charge in [-0.05, 0) is 18.2 Å². The maximum Gasteiger partial charge on any atom is 0.240 e. The molecule has 1 fully saturated rings. The van der Waals surface area contributed by atoms with Gasteiger partial charge in [0.15, 0.2) is 11.3 Å². The minimum Gasteiger partial charge on any atom is -0.350 e. The lowest BCUT2D eigenvalue weighted by molar-refractivity contribution is -0.343. The van der Waals surface area contributed by atoms with Crippen LogP contribution in [-0.2, 0) is 0 Å². The number of pyridine rings is 1. The van der Waals surface area contributed by atoms with Crippen LogP contribution in [0, 0.1) is 0 Å². The average Bonchev–Trinajstić information content (AvgIpc) is 2.97. The van der Waals surface area contributed by atoms with Crippen molar-refractivity contribution in [2.24, 2.45) is 0 Å². The number of hydrogen-bond acceptors (Lipinski definition) is 3. The van der Waals surface area contributed by atoms with Crippen LogP contribution in [0.4, 0.5) is 5.82 Å². The molecule has 2 aromatic heterocycles. The Hall–Kier alpha value is -1.85. The van der Waals surface area contributed by atoms with Crippen molar-refractivity contribution in [2.45, 2.75) is 0 Å². The number of piperazine rings is 1. The highest BCUT2D eigenvalue weighted by Gasteiger charge is 2.21.